The number of hydrogen-bond acceptors (Lipinski definition) is 4. The van der Waals surface area contributed by atoms with Crippen molar-refractivity contribution in [1.82, 2.24) is 9.62 Å². The highest BCUT2D eigenvalue weighted by Gasteiger charge is 2.26. The van der Waals surface area contributed by atoms with Crippen LogP contribution in [0.25, 0.3) is 0 Å². The van der Waals surface area contributed by atoms with Crippen molar-refractivity contribution >= 4 is 21.6 Å². The molecule has 0 aromatic heterocycles. The number of nitrogens with one attached hydrogen (secondary N) is 1. The Hall–Kier alpha value is -1.13. The first-order valence-electron chi connectivity index (χ1n) is 7.40. The van der Waals surface area contributed by atoms with Crippen LogP contribution < -0.4 is 4.72 Å². The Morgan fingerprint density at radius 1 is 1.50 bits per heavy atom. The van der Waals surface area contributed by atoms with Crippen molar-refractivity contribution in [3.8, 4) is 6.07 Å². The van der Waals surface area contributed by atoms with Crippen molar-refractivity contribution in [1.29, 1.82) is 5.26 Å². The first kappa shape index (κ1) is 17.2. The molecule has 1 heterocycles. The molecule has 1 N–H and O–H groups in total. The van der Waals surface area contributed by atoms with Gasteiger partial charge in [0.1, 0.15) is 4.90 Å². The van der Waals surface area contributed by atoms with Gasteiger partial charge >= 0.3 is 0 Å². The van der Waals surface area contributed by atoms with Gasteiger partial charge in [0.15, 0.2) is 0 Å². The number of rotatable bonds is 5. The third-order valence-electron chi connectivity index (χ3n) is 3.72. The average Bonchev–Trinajstić information content (AvgIpc) is 2.47. The second-order valence-corrected chi connectivity index (χ2v) is 7.61. The molecule has 0 radical (unpaired) electrons. The van der Waals surface area contributed by atoms with Gasteiger partial charge < -0.3 is 4.90 Å². The summed E-state index contributed by atoms with van der Waals surface area (Å²) in [6, 6.07) is 6.06. The number of hydrogen-bond donors (Lipinski definition) is 1. The largest absolute Gasteiger partial charge is 0.302 e. The minimum absolute atomic E-state index is 0.0285. The van der Waals surface area contributed by atoms with Crippen LogP contribution in [-0.4, -0.2) is 39.0 Å². The van der Waals surface area contributed by atoms with Crippen molar-refractivity contribution in [3.63, 3.8) is 0 Å². The van der Waals surface area contributed by atoms with E-state index in [2.05, 4.69) is 16.5 Å². The molecule has 0 spiro atoms. The van der Waals surface area contributed by atoms with Crippen LogP contribution in [0.1, 0.15) is 31.7 Å². The van der Waals surface area contributed by atoms with Crippen LogP contribution in [0.15, 0.2) is 23.1 Å². The summed E-state index contributed by atoms with van der Waals surface area (Å²) < 4.78 is 27.7. The minimum atomic E-state index is -3.67. The molecule has 0 bridgehead atoms. The fourth-order valence-corrected chi connectivity index (χ4v) is 4.55. The summed E-state index contributed by atoms with van der Waals surface area (Å²) >= 11 is 6.01. The van der Waals surface area contributed by atoms with Gasteiger partial charge in [-0.25, -0.2) is 13.1 Å². The van der Waals surface area contributed by atoms with E-state index in [-0.39, 0.29) is 16.0 Å². The number of nitriles is 1. The second-order valence-electron chi connectivity index (χ2n) is 5.52. The molecule has 0 amide bonds. The Balaban J connectivity index is 2.12. The SMILES string of the molecule is CCCN1CCC[C@H](NS(=O)(=O)c2ccc(C#N)cc2Cl)C1. The second kappa shape index (κ2) is 7.42. The Morgan fingerprint density at radius 2 is 2.27 bits per heavy atom. The molecule has 22 heavy (non-hydrogen) atoms. The van der Waals surface area contributed by atoms with E-state index >= 15 is 0 Å². The summed E-state index contributed by atoms with van der Waals surface area (Å²) in [5.41, 5.74) is 0.343. The summed E-state index contributed by atoms with van der Waals surface area (Å²) in [6.45, 7) is 4.84. The van der Waals surface area contributed by atoms with E-state index in [1.165, 1.54) is 18.2 Å². The van der Waals surface area contributed by atoms with Gasteiger partial charge in [0.05, 0.1) is 16.7 Å². The van der Waals surface area contributed by atoms with E-state index in [0.717, 1.165) is 38.9 Å². The van der Waals surface area contributed by atoms with Crippen LogP contribution >= 0.6 is 11.6 Å². The lowest BCUT2D eigenvalue weighted by Crippen LogP contribution is -2.47. The normalized spacial score (nSPS) is 19.8. The number of halogens is 1. The highest BCUT2D eigenvalue weighted by Crippen LogP contribution is 2.23. The Morgan fingerprint density at radius 3 is 2.91 bits per heavy atom. The van der Waals surface area contributed by atoms with Gasteiger partial charge in [0, 0.05) is 12.6 Å². The molecule has 7 heteroatoms. The van der Waals surface area contributed by atoms with Crippen LogP contribution in [0, 0.1) is 11.3 Å². The molecule has 0 aliphatic carbocycles. The van der Waals surface area contributed by atoms with E-state index in [4.69, 9.17) is 16.9 Å². The zero-order chi connectivity index (χ0) is 16.2. The van der Waals surface area contributed by atoms with Crippen molar-refractivity contribution < 1.29 is 8.42 Å². The highest BCUT2D eigenvalue weighted by molar-refractivity contribution is 7.89. The van der Waals surface area contributed by atoms with Gasteiger partial charge in [-0.1, -0.05) is 18.5 Å². The molecule has 0 saturated carbocycles. The third kappa shape index (κ3) is 4.20. The molecule has 1 fully saturated rings. The van der Waals surface area contributed by atoms with E-state index < -0.39 is 10.0 Å². The number of likely N-dealkylation sites (tertiary alicyclic amines) is 1. The van der Waals surface area contributed by atoms with Crippen LogP contribution in [0.3, 0.4) is 0 Å². The maximum Gasteiger partial charge on any atom is 0.242 e. The molecule has 1 aliphatic rings. The van der Waals surface area contributed by atoms with E-state index in [9.17, 15) is 8.42 Å². The summed E-state index contributed by atoms with van der Waals surface area (Å²) in [5, 5.41) is 8.89. The summed E-state index contributed by atoms with van der Waals surface area (Å²) in [4.78, 5) is 2.30. The molecule has 2 rings (SSSR count). The maximum absolute atomic E-state index is 12.5. The molecule has 0 unspecified atom stereocenters. The van der Waals surface area contributed by atoms with Crippen molar-refractivity contribution in [3.05, 3.63) is 28.8 Å². The first-order chi connectivity index (χ1) is 10.5. The maximum atomic E-state index is 12.5. The van der Waals surface area contributed by atoms with Crippen molar-refractivity contribution in [2.75, 3.05) is 19.6 Å². The van der Waals surface area contributed by atoms with E-state index in [1.807, 2.05) is 6.07 Å². The van der Waals surface area contributed by atoms with Gasteiger partial charge in [0.2, 0.25) is 10.0 Å². The number of piperidine rings is 1. The number of nitrogens with zero attached hydrogens (tertiary/aromatic N) is 2. The standard InChI is InChI=1S/C15H20ClN3O2S/c1-2-7-19-8-3-4-13(11-19)18-22(20,21)15-6-5-12(10-17)9-14(15)16/h5-6,9,13,18H,2-4,7-8,11H2,1H3/t13-/m0/s1. The molecule has 1 aliphatic heterocycles. The van der Waals surface area contributed by atoms with Gasteiger partial charge in [-0.15, -0.1) is 0 Å². The Labute approximate surface area is 136 Å². The van der Waals surface area contributed by atoms with Crippen molar-refractivity contribution in [2.24, 2.45) is 0 Å². The lowest BCUT2D eigenvalue weighted by molar-refractivity contribution is 0.202. The van der Waals surface area contributed by atoms with Crippen LogP contribution in [0.5, 0.6) is 0 Å². The summed E-state index contributed by atoms with van der Waals surface area (Å²) in [5.74, 6) is 0. The third-order valence-corrected chi connectivity index (χ3v) is 5.72. The fourth-order valence-electron chi connectivity index (χ4n) is 2.74. The van der Waals surface area contributed by atoms with Crippen LogP contribution in [-0.2, 0) is 10.0 Å². The van der Waals surface area contributed by atoms with E-state index in [1.54, 1.807) is 0 Å². The lowest BCUT2D eigenvalue weighted by atomic mass is 10.1. The molecule has 1 atom stereocenters. The van der Waals surface area contributed by atoms with Gasteiger partial charge in [-0.2, -0.15) is 5.26 Å². The topological polar surface area (TPSA) is 73.2 Å². The number of benzene rings is 1. The predicted octanol–water partition coefficient (Wildman–Crippen LogP) is 2.36. The van der Waals surface area contributed by atoms with Gasteiger partial charge in [-0.3, -0.25) is 0 Å². The molecule has 5 nitrogen and oxygen atoms in total. The van der Waals surface area contributed by atoms with Gasteiger partial charge in [0.25, 0.3) is 0 Å². The van der Waals surface area contributed by atoms with Gasteiger partial charge in [-0.05, 0) is 50.6 Å². The van der Waals surface area contributed by atoms with E-state index in [0.29, 0.717) is 5.56 Å². The summed E-state index contributed by atoms with van der Waals surface area (Å²) in [7, 11) is -3.67. The smallest absolute Gasteiger partial charge is 0.242 e. The first-order valence-corrected chi connectivity index (χ1v) is 9.26. The number of sulfonamides is 1. The minimum Gasteiger partial charge on any atom is -0.302 e. The zero-order valence-corrected chi connectivity index (χ0v) is 14.1. The highest BCUT2D eigenvalue weighted by atomic mass is 35.5. The summed E-state index contributed by atoms with van der Waals surface area (Å²) in [6.07, 6.45) is 2.86. The quantitative estimate of drug-likeness (QED) is 0.892. The lowest BCUT2D eigenvalue weighted by Gasteiger charge is -2.32. The molecule has 1 aromatic rings. The molecular weight excluding hydrogens is 322 g/mol. The monoisotopic (exact) mass is 341 g/mol. The fraction of sp³-hybridized carbons (Fsp3) is 0.533. The molecule has 1 aromatic carbocycles. The molecule has 1 saturated heterocycles. The van der Waals surface area contributed by atoms with Crippen molar-refractivity contribution in [2.45, 2.75) is 37.1 Å². The van der Waals surface area contributed by atoms with Crippen LogP contribution in [0.4, 0.5) is 0 Å². The predicted molar refractivity (Wildman–Crippen MR) is 86.2 cm³/mol. The Bertz CT molecular complexity index is 668. The molecular formula is C15H20ClN3O2S. The zero-order valence-electron chi connectivity index (χ0n) is 12.5. The molecule has 120 valence electrons. The average molecular weight is 342 g/mol. The van der Waals surface area contributed by atoms with Crippen LogP contribution in [0.2, 0.25) is 5.02 Å². The Kier molecular flexibility index (Phi) is 5.81.